The SMILES string of the molecule is CCCCCCCCCCCCc1nc(-c2ccc(Br)s2)c2c1cc(-c1ccc(Br)s1)c1ns[nH]c12. The molecule has 190 valence electrons. The number of aryl methyl sites for hydroxylation is 1. The highest BCUT2D eigenvalue weighted by molar-refractivity contribution is 9.11. The molecule has 0 bridgehead atoms. The van der Waals surface area contributed by atoms with Crippen molar-refractivity contribution in [1.29, 1.82) is 0 Å². The maximum atomic E-state index is 5.26. The van der Waals surface area contributed by atoms with E-state index in [0.717, 1.165) is 30.7 Å². The van der Waals surface area contributed by atoms with E-state index in [-0.39, 0.29) is 0 Å². The van der Waals surface area contributed by atoms with Crippen molar-refractivity contribution in [2.75, 3.05) is 0 Å². The summed E-state index contributed by atoms with van der Waals surface area (Å²) in [6.07, 6.45) is 14.5. The average Bonchev–Trinajstić information content (AvgIpc) is 3.66. The van der Waals surface area contributed by atoms with Gasteiger partial charge < -0.3 is 0 Å². The molecule has 4 heterocycles. The molecule has 0 amide bonds. The van der Waals surface area contributed by atoms with Crippen molar-refractivity contribution in [2.24, 2.45) is 0 Å². The topological polar surface area (TPSA) is 41.6 Å². The van der Waals surface area contributed by atoms with E-state index in [1.54, 1.807) is 22.7 Å². The average molecular weight is 666 g/mol. The molecule has 3 nitrogen and oxygen atoms in total. The predicted molar refractivity (Wildman–Crippen MR) is 167 cm³/mol. The highest BCUT2D eigenvalue weighted by Crippen LogP contribution is 2.44. The van der Waals surface area contributed by atoms with Crippen LogP contribution in [-0.2, 0) is 6.42 Å². The number of hydrogen-bond donors (Lipinski definition) is 1. The molecular formula is C28H31Br2N3S3. The standard InChI is InChI=1S/C28H31Br2N3S3/c1-2-3-4-5-6-7-8-9-10-11-12-20-18-17-19(21-13-15-23(29)34-21)26-28(33-36-32-26)25(18)27(31-20)22-14-16-24(30)35-22/h13-17,33H,2-12H2,1H3. The minimum atomic E-state index is 1.02. The number of unbranched alkanes of at least 4 members (excludes halogenated alkanes) is 9. The zero-order chi connectivity index (χ0) is 24.9. The summed E-state index contributed by atoms with van der Waals surface area (Å²) < 4.78 is 10.5. The van der Waals surface area contributed by atoms with Gasteiger partial charge in [-0.25, -0.2) is 0 Å². The summed E-state index contributed by atoms with van der Waals surface area (Å²) in [7, 11) is 0. The van der Waals surface area contributed by atoms with Crippen LogP contribution in [0.3, 0.4) is 0 Å². The Labute approximate surface area is 242 Å². The molecule has 36 heavy (non-hydrogen) atoms. The quantitative estimate of drug-likeness (QED) is 0.127. The third-order valence-electron chi connectivity index (χ3n) is 6.79. The number of benzene rings is 1. The number of halogens is 2. The van der Waals surface area contributed by atoms with Gasteiger partial charge in [-0.3, -0.25) is 9.36 Å². The van der Waals surface area contributed by atoms with Crippen LogP contribution in [0.15, 0.2) is 37.9 Å². The van der Waals surface area contributed by atoms with Crippen LogP contribution in [0.1, 0.15) is 76.8 Å². The summed E-state index contributed by atoms with van der Waals surface area (Å²) in [6, 6.07) is 10.9. The normalized spacial score (nSPS) is 11.9. The smallest absolute Gasteiger partial charge is 0.111 e. The second kappa shape index (κ2) is 12.7. The zero-order valence-corrected chi connectivity index (χ0v) is 26.2. The number of thiophene rings is 2. The van der Waals surface area contributed by atoms with Crippen LogP contribution in [-0.4, -0.2) is 13.7 Å². The van der Waals surface area contributed by atoms with Crippen LogP contribution in [0.4, 0.5) is 0 Å². The van der Waals surface area contributed by atoms with E-state index in [4.69, 9.17) is 9.36 Å². The monoisotopic (exact) mass is 663 g/mol. The van der Waals surface area contributed by atoms with Crippen molar-refractivity contribution in [2.45, 2.75) is 77.6 Å². The number of nitrogens with one attached hydrogen (secondary N) is 1. The van der Waals surface area contributed by atoms with Crippen LogP contribution in [0.5, 0.6) is 0 Å². The number of rotatable bonds is 13. The molecule has 5 rings (SSSR count). The van der Waals surface area contributed by atoms with E-state index in [0.29, 0.717) is 0 Å². The second-order valence-corrected chi connectivity index (χ2v) is 14.9. The van der Waals surface area contributed by atoms with Crippen LogP contribution in [0.2, 0.25) is 0 Å². The first-order valence-corrected chi connectivity index (χ1v) is 17.0. The lowest BCUT2D eigenvalue weighted by Gasteiger charge is -2.04. The lowest BCUT2D eigenvalue weighted by atomic mass is 10.0. The number of hydrogen-bond acceptors (Lipinski definition) is 5. The van der Waals surface area contributed by atoms with Gasteiger partial charge >= 0.3 is 0 Å². The maximum Gasteiger partial charge on any atom is 0.111 e. The molecule has 0 fully saturated rings. The van der Waals surface area contributed by atoms with Crippen LogP contribution >= 0.6 is 66.3 Å². The second-order valence-electron chi connectivity index (χ2n) is 9.40. The van der Waals surface area contributed by atoms with E-state index in [1.165, 1.54) is 108 Å². The van der Waals surface area contributed by atoms with Crippen molar-refractivity contribution in [3.63, 3.8) is 0 Å². The maximum absolute atomic E-state index is 5.26. The molecule has 0 atom stereocenters. The summed E-state index contributed by atoms with van der Waals surface area (Å²) >= 11 is 12.2. The Kier molecular flexibility index (Phi) is 9.33. The highest BCUT2D eigenvalue weighted by Gasteiger charge is 2.22. The largest absolute Gasteiger partial charge is 0.293 e. The molecule has 0 aliphatic carbocycles. The molecule has 5 aromatic rings. The molecule has 0 saturated carbocycles. The van der Waals surface area contributed by atoms with Gasteiger partial charge in [-0.05, 0) is 75.0 Å². The van der Waals surface area contributed by atoms with E-state index >= 15 is 0 Å². The van der Waals surface area contributed by atoms with E-state index in [2.05, 4.69) is 73.5 Å². The van der Waals surface area contributed by atoms with Gasteiger partial charge in [0.25, 0.3) is 0 Å². The lowest BCUT2D eigenvalue weighted by molar-refractivity contribution is 0.556. The number of fused-ring (bicyclic) bond motifs is 3. The summed E-state index contributed by atoms with van der Waals surface area (Å²) in [4.78, 5) is 7.70. The van der Waals surface area contributed by atoms with E-state index < -0.39 is 0 Å². The zero-order valence-electron chi connectivity index (χ0n) is 20.5. The third kappa shape index (κ3) is 5.98. The Bertz CT molecular complexity index is 1430. The van der Waals surface area contributed by atoms with Crippen LogP contribution in [0.25, 0.3) is 42.8 Å². The first-order chi connectivity index (χ1) is 17.7. The molecule has 0 radical (unpaired) electrons. The molecule has 0 spiro atoms. The highest BCUT2D eigenvalue weighted by atomic mass is 79.9. The van der Waals surface area contributed by atoms with Gasteiger partial charge in [0.15, 0.2) is 0 Å². The Morgan fingerprint density at radius 1 is 0.806 bits per heavy atom. The first kappa shape index (κ1) is 26.5. The first-order valence-electron chi connectivity index (χ1n) is 13.0. The fourth-order valence-corrected chi connectivity index (χ4v) is 8.34. The Morgan fingerprint density at radius 3 is 2.08 bits per heavy atom. The van der Waals surface area contributed by atoms with E-state index in [9.17, 15) is 0 Å². The fraction of sp³-hybridized carbons (Fsp3) is 0.429. The van der Waals surface area contributed by atoms with Gasteiger partial charge in [0.05, 0.1) is 23.7 Å². The Balaban J connectivity index is 1.39. The van der Waals surface area contributed by atoms with Gasteiger partial charge in [-0.15, -0.1) is 22.7 Å². The molecule has 4 aromatic heterocycles. The summed E-state index contributed by atoms with van der Waals surface area (Å²) in [5.41, 5.74) is 5.65. The minimum absolute atomic E-state index is 1.02. The summed E-state index contributed by atoms with van der Waals surface area (Å²) in [5, 5.41) is 2.49. The van der Waals surface area contributed by atoms with Crippen molar-refractivity contribution < 1.29 is 0 Å². The third-order valence-corrected chi connectivity index (χ3v) is 10.6. The fourth-order valence-electron chi connectivity index (χ4n) is 4.94. The van der Waals surface area contributed by atoms with Crippen molar-refractivity contribution >= 4 is 88.1 Å². The van der Waals surface area contributed by atoms with Crippen molar-refractivity contribution in [3.05, 3.63) is 43.6 Å². The Hall–Kier alpha value is -1.06. The number of aromatic nitrogens is 3. The summed E-state index contributed by atoms with van der Waals surface area (Å²) in [5.74, 6) is 0. The number of aromatic amines is 1. The minimum Gasteiger partial charge on any atom is -0.293 e. The predicted octanol–water partition coefficient (Wildman–Crippen LogP) is 11.6. The molecular weight excluding hydrogens is 634 g/mol. The van der Waals surface area contributed by atoms with E-state index in [1.807, 2.05) is 0 Å². The Morgan fingerprint density at radius 2 is 1.44 bits per heavy atom. The van der Waals surface area contributed by atoms with Crippen molar-refractivity contribution in [3.8, 4) is 21.0 Å². The molecule has 0 saturated heterocycles. The van der Waals surface area contributed by atoms with Crippen molar-refractivity contribution in [1.82, 2.24) is 13.7 Å². The van der Waals surface area contributed by atoms with Gasteiger partial charge in [0, 0.05) is 38.6 Å². The van der Waals surface area contributed by atoms with Gasteiger partial charge in [0.1, 0.15) is 5.52 Å². The van der Waals surface area contributed by atoms with Gasteiger partial charge in [-0.1, -0.05) is 64.7 Å². The molecule has 0 aliphatic heterocycles. The molecule has 1 aromatic carbocycles. The molecule has 0 unspecified atom stereocenters. The lowest BCUT2D eigenvalue weighted by Crippen LogP contribution is -1.88. The molecule has 8 heteroatoms. The van der Waals surface area contributed by atoms with Crippen LogP contribution in [0, 0.1) is 0 Å². The van der Waals surface area contributed by atoms with Gasteiger partial charge in [-0.2, -0.15) is 4.37 Å². The number of H-pyrrole nitrogens is 1. The van der Waals surface area contributed by atoms with Crippen LogP contribution < -0.4 is 0 Å². The summed E-state index contributed by atoms with van der Waals surface area (Å²) in [6.45, 7) is 2.29. The molecule has 0 aliphatic rings. The molecule has 1 N–H and O–H groups in total. The van der Waals surface area contributed by atoms with Gasteiger partial charge in [0.2, 0.25) is 0 Å². The number of nitrogens with zero attached hydrogens (tertiary/aromatic N) is 2.